The minimum Gasteiger partial charge on any atom is -0.326 e. The number of thioether (sulfide) groups is 1. The highest BCUT2D eigenvalue weighted by atomic mass is 32.2. The Morgan fingerprint density at radius 2 is 2.28 bits per heavy atom. The molecule has 1 aromatic heterocycles. The van der Waals surface area contributed by atoms with Crippen molar-refractivity contribution in [3.8, 4) is 0 Å². The Morgan fingerprint density at radius 1 is 1.50 bits per heavy atom. The second kappa shape index (κ2) is 5.92. The highest BCUT2D eigenvalue weighted by Crippen LogP contribution is 2.30. The molecular formula is C11H18N2O2S3. The molecule has 102 valence electrons. The van der Waals surface area contributed by atoms with Gasteiger partial charge in [0.1, 0.15) is 4.21 Å². The minimum absolute atomic E-state index is 0.0795. The molecule has 0 spiro atoms. The molecule has 1 saturated carbocycles. The van der Waals surface area contributed by atoms with Crippen LogP contribution >= 0.6 is 23.1 Å². The fourth-order valence-corrected chi connectivity index (χ4v) is 5.48. The third-order valence-electron chi connectivity index (χ3n) is 3.14. The third-order valence-corrected chi connectivity index (χ3v) is 7.36. The maximum absolute atomic E-state index is 12.2. The Kier molecular flexibility index (Phi) is 4.71. The number of nitrogens with two attached hydrogens (primary N) is 1. The molecule has 0 amide bonds. The smallest absolute Gasteiger partial charge is 0.250 e. The topological polar surface area (TPSA) is 72.2 Å². The zero-order valence-corrected chi connectivity index (χ0v) is 12.7. The van der Waals surface area contributed by atoms with Crippen LogP contribution in [-0.4, -0.2) is 26.0 Å². The molecule has 4 nitrogen and oxygen atoms in total. The van der Waals surface area contributed by atoms with Gasteiger partial charge in [0.15, 0.2) is 0 Å². The Morgan fingerprint density at radius 3 is 2.83 bits per heavy atom. The van der Waals surface area contributed by atoms with E-state index in [4.69, 9.17) is 5.73 Å². The van der Waals surface area contributed by atoms with E-state index in [1.54, 1.807) is 12.1 Å². The molecule has 7 heteroatoms. The molecule has 2 unspecified atom stereocenters. The van der Waals surface area contributed by atoms with Gasteiger partial charge in [-0.25, -0.2) is 13.1 Å². The first kappa shape index (κ1) is 14.3. The lowest BCUT2D eigenvalue weighted by Crippen LogP contribution is -2.32. The van der Waals surface area contributed by atoms with E-state index in [0.717, 1.165) is 24.1 Å². The summed E-state index contributed by atoms with van der Waals surface area (Å²) in [6.45, 7) is 0.387. The zero-order chi connectivity index (χ0) is 13.2. The van der Waals surface area contributed by atoms with Crippen molar-refractivity contribution < 1.29 is 8.42 Å². The van der Waals surface area contributed by atoms with Crippen molar-refractivity contribution in [2.24, 2.45) is 5.73 Å². The van der Waals surface area contributed by atoms with E-state index in [2.05, 4.69) is 11.0 Å². The SMILES string of the molecule is CSC1CCC(NS(=O)(=O)c2ccc(CN)s2)C1. The van der Waals surface area contributed by atoms with Crippen LogP contribution < -0.4 is 10.5 Å². The quantitative estimate of drug-likeness (QED) is 0.869. The van der Waals surface area contributed by atoms with Gasteiger partial charge in [-0.2, -0.15) is 11.8 Å². The Hall–Kier alpha value is -0.0800. The summed E-state index contributed by atoms with van der Waals surface area (Å²) in [5.41, 5.74) is 5.50. The van der Waals surface area contributed by atoms with Crippen LogP contribution in [0, 0.1) is 0 Å². The Balaban J connectivity index is 2.03. The van der Waals surface area contributed by atoms with Crippen LogP contribution in [0.1, 0.15) is 24.1 Å². The molecule has 0 aromatic carbocycles. The van der Waals surface area contributed by atoms with Gasteiger partial charge in [0.2, 0.25) is 10.0 Å². The van der Waals surface area contributed by atoms with Crippen molar-refractivity contribution in [3.63, 3.8) is 0 Å². The van der Waals surface area contributed by atoms with E-state index in [0.29, 0.717) is 16.0 Å². The van der Waals surface area contributed by atoms with Crippen LogP contribution in [0.2, 0.25) is 0 Å². The molecule has 0 aliphatic heterocycles. The molecule has 2 atom stereocenters. The summed E-state index contributed by atoms with van der Waals surface area (Å²) in [6, 6.07) is 3.49. The Labute approximate surface area is 116 Å². The fourth-order valence-electron chi connectivity index (χ4n) is 2.15. The van der Waals surface area contributed by atoms with Gasteiger partial charge < -0.3 is 5.73 Å². The molecule has 3 N–H and O–H groups in total. The number of hydrogen-bond acceptors (Lipinski definition) is 5. The predicted molar refractivity (Wildman–Crippen MR) is 77.5 cm³/mol. The van der Waals surface area contributed by atoms with Gasteiger partial charge in [0.05, 0.1) is 0 Å². The molecule has 1 aromatic rings. The molecular weight excluding hydrogens is 288 g/mol. The molecule has 1 heterocycles. The standard InChI is InChI=1S/C11H18N2O2S3/c1-16-9-3-2-8(6-9)13-18(14,15)11-5-4-10(7-12)17-11/h4-5,8-9,13H,2-3,6-7,12H2,1H3. The zero-order valence-electron chi connectivity index (χ0n) is 10.3. The predicted octanol–water partition coefficient (Wildman–Crippen LogP) is 1.77. The average Bonchev–Trinajstić information content (AvgIpc) is 2.96. The second-order valence-corrected chi connectivity index (χ2v) is 8.66. The second-order valence-electron chi connectivity index (χ2n) is 4.41. The Bertz CT molecular complexity index is 498. The maximum Gasteiger partial charge on any atom is 0.250 e. The summed E-state index contributed by atoms with van der Waals surface area (Å²) >= 11 is 3.07. The minimum atomic E-state index is -3.36. The average molecular weight is 306 g/mol. The van der Waals surface area contributed by atoms with E-state index in [-0.39, 0.29) is 6.04 Å². The van der Waals surface area contributed by atoms with Crippen molar-refractivity contribution >= 4 is 33.1 Å². The largest absolute Gasteiger partial charge is 0.326 e. The lowest BCUT2D eigenvalue weighted by molar-refractivity contribution is 0.554. The molecule has 1 aliphatic rings. The normalized spacial score (nSPS) is 24.6. The van der Waals surface area contributed by atoms with Crippen molar-refractivity contribution in [1.82, 2.24) is 4.72 Å². The first-order valence-electron chi connectivity index (χ1n) is 5.89. The van der Waals surface area contributed by atoms with Gasteiger partial charge in [0.25, 0.3) is 0 Å². The first-order valence-corrected chi connectivity index (χ1v) is 9.48. The van der Waals surface area contributed by atoms with E-state index >= 15 is 0 Å². The third kappa shape index (κ3) is 3.27. The summed E-state index contributed by atoms with van der Waals surface area (Å²) in [4.78, 5) is 0.892. The van der Waals surface area contributed by atoms with Gasteiger partial charge in [-0.1, -0.05) is 0 Å². The molecule has 2 rings (SSSR count). The number of thiophene rings is 1. The first-order chi connectivity index (χ1) is 8.55. The van der Waals surface area contributed by atoms with E-state index < -0.39 is 10.0 Å². The lowest BCUT2D eigenvalue weighted by Gasteiger charge is -2.12. The fraction of sp³-hybridized carbons (Fsp3) is 0.636. The van der Waals surface area contributed by atoms with Gasteiger partial charge in [0, 0.05) is 22.7 Å². The summed E-state index contributed by atoms with van der Waals surface area (Å²) in [6.07, 6.45) is 5.02. The van der Waals surface area contributed by atoms with Crippen LogP contribution in [0.25, 0.3) is 0 Å². The van der Waals surface area contributed by atoms with Crippen molar-refractivity contribution in [2.45, 2.75) is 41.3 Å². The number of hydrogen-bond donors (Lipinski definition) is 2. The summed E-state index contributed by atoms with van der Waals surface area (Å²) in [5, 5.41) is 0.584. The van der Waals surface area contributed by atoms with E-state index in [9.17, 15) is 8.42 Å². The highest BCUT2D eigenvalue weighted by molar-refractivity contribution is 7.99. The molecule has 0 bridgehead atoms. The van der Waals surface area contributed by atoms with Gasteiger partial charge in [-0.3, -0.25) is 0 Å². The summed E-state index contributed by atoms with van der Waals surface area (Å²) in [5.74, 6) is 0. The number of rotatable bonds is 5. The maximum atomic E-state index is 12.2. The van der Waals surface area contributed by atoms with Crippen molar-refractivity contribution in [1.29, 1.82) is 0 Å². The van der Waals surface area contributed by atoms with Crippen LogP contribution in [0.3, 0.4) is 0 Å². The molecule has 0 radical (unpaired) electrons. The van der Waals surface area contributed by atoms with Crippen molar-refractivity contribution in [2.75, 3.05) is 6.26 Å². The van der Waals surface area contributed by atoms with E-state index in [1.807, 2.05) is 11.8 Å². The molecule has 0 saturated heterocycles. The van der Waals surface area contributed by atoms with Gasteiger partial charge in [-0.05, 0) is 37.7 Å². The van der Waals surface area contributed by atoms with Gasteiger partial charge in [-0.15, -0.1) is 11.3 Å². The van der Waals surface area contributed by atoms with Crippen LogP contribution in [-0.2, 0) is 16.6 Å². The highest BCUT2D eigenvalue weighted by Gasteiger charge is 2.28. The van der Waals surface area contributed by atoms with Crippen LogP contribution in [0.15, 0.2) is 16.3 Å². The van der Waals surface area contributed by atoms with Crippen LogP contribution in [0.4, 0.5) is 0 Å². The molecule has 1 fully saturated rings. The number of sulfonamides is 1. The number of nitrogens with one attached hydrogen (secondary N) is 1. The van der Waals surface area contributed by atoms with Crippen LogP contribution in [0.5, 0.6) is 0 Å². The van der Waals surface area contributed by atoms with E-state index in [1.165, 1.54) is 11.3 Å². The summed E-state index contributed by atoms with van der Waals surface area (Å²) < 4.78 is 27.5. The molecule has 1 aliphatic carbocycles. The lowest BCUT2D eigenvalue weighted by atomic mass is 10.3. The molecule has 18 heavy (non-hydrogen) atoms. The van der Waals surface area contributed by atoms with Gasteiger partial charge >= 0.3 is 0 Å². The monoisotopic (exact) mass is 306 g/mol. The summed E-state index contributed by atoms with van der Waals surface area (Å²) in [7, 11) is -3.36. The van der Waals surface area contributed by atoms with Crippen molar-refractivity contribution in [3.05, 3.63) is 17.0 Å².